The van der Waals surface area contributed by atoms with Crippen molar-refractivity contribution in [1.82, 2.24) is 0 Å². The van der Waals surface area contributed by atoms with Crippen molar-refractivity contribution in [3.05, 3.63) is 24.3 Å². The minimum absolute atomic E-state index is 0.599. The third-order valence-electron chi connectivity index (χ3n) is 1.74. The Labute approximate surface area is 73.6 Å². The SMILES string of the molecule is C=C[C@](C)(O)CC/C=C(\C)C=O. The number of rotatable bonds is 5. The number of aldehydes is 1. The maximum absolute atomic E-state index is 10.2. The summed E-state index contributed by atoms with van der Waals surface area (Å²) in [6.07, 6.45) is 5.43. The van der Waals surface area contributed by atoms with E-state index in [-0.39, 0.29) is 0 Å². The van der Waals surface area contributed by atoms with E-state index in [1.165, 1.54) is 6.08 Å². The van der Waals surface area contributed by atoms with E-state index >= 15 is 0 Å². The standard InChI is InChI=1S/C10H16O2/c1-4-10(3,12)7-5-6-9(2)8-11/h4,6,8,12H,1,5,7H2,2-3H3/b9-6+/t10-/m0/s1. The molecular formula is C10H16O2. The molecule has 0 spiro atoms. The molecule has 0 saturated heterocycles. The van der Waals surface area contributed by atoms with Crippen molar-refractivity contribution in [2.24, 2.45) is 0 Å². The van der Waals surface area contributed by atoms with Gasteiger partial charge in [0.2, 0.25) is 0 Å². The summed E-state index contributed by atoms with van der Waals surface area (Å²) in [5.74, 6) is 0. The molecule has 0 radical (unpaired) electrons. The summed E-state index contributed by atoms with van der Waals surface area (Å²) in [5, 5.41) is 9.47. The summed E-state index contributed by atoms with van der Waals surface area (Å²) in [7, 11) is 0. The first-order valence-electron chi connectivity index (χ1n) is 4.00. The van der Waals surface area contributed by atoms with Gasteiger partial charge in [-0.3, -0.25) is 4.79 Å². The molecule has 0 aromatic carbocycles. The van der Waals surface area contributed by atoms with Crippen LogP contribution >= 0.6 is 0 Å². The van der Waals surface area contributed by atoms with Crippen LogP contribution in [-0.2, 0) is 4.79 Å². The monoisotopic (exact) mass is 168 g/mol. The molecule has 0 bridgehead atoms. The van der Waals surface area contributed by atoms with E-state index in [2.05, 4.69) is 6.58 Å². The number of aliphatic hydroxyl groups is 1. The van der Waals surface area contributed by atoms with Gasteiger partial charge in [-0.15, -0.1) is 6.58 Å². The maximum Gasteiger partial charge on any atom is 0.145 e. The summed E-state index contributed by atoms with van der Waals surface area (Å²) >= 11 is 0. The molecule has 0 aromatic rings. The van der Waals surface area contributed by atoms with Crippen LogP contribution in [0.5, 0.6) is 0 Å². The molecule has 0 heterocycles. The van der Waals surface area contributed by atoms with E-state index in [1.807, 2.05) is 6.08 Å². The highest BCUT2D eigenvalue weighted by molar-refractivity contribution is 5.71. The number of hydrogen-bond donors (Lipinski definition) is 1. The molecule has 2 heteroatoms. The minimum atomic E-state index is -0.820. The molecule has 0 unspecified atom stereocenters. The summed E-state index contributed by atoms with van der Waals surface area (Å²) < 4.78 is 0. The van der Waals surface area contributed by atoms with Gasteiger partial charge in [-0.1, -0.05) is 12.2 Å². The van der Waals surface area contributed by atoms with Crippen LogP contribution in [0.3, 0.4) is 0 Å². The number of hydrogen-bond acceptors (Lipinski definition) is 2. The topological polar surface area (TPSA) is 37.3 Å². The Balaban J connectivity index is 3.84. The van der Waals surface area contributed by atoms with E-state index in [0.29, 0.717) is 18.4 Å². The van der Waals surface area contributed by atoms with E-state index in [1.54, 1.807) is 13.8 Å². The Kier molecular flexibility index (Phi) is 4.52. The van der Waals surface area contributed by atoms with Crippen molar-refractivity contribution in [2.75, 3.05) is 0 Å². The molecule has 0 aromatic heterocycles. The number of allylic oxidation sites excluding steroid dienone is 2. The van der Waals surface area contributed by atoms with Crippen LogP contribution < -0.4 is 0 Å². The lowest BCUT2D eigenvalue weighted by Gasteiger charge is -2.16. The van der Waals surface area contributed by atoms with Crippen molar-refractivity contribution >= 4 is 6.29 Å². The molecule has 0 aliphatic heterocycles. The number of carbonyl (C=O) groups excluding carboxylic acids is 1. The predicted molar refractivity (Wildman–Crippen MR) is 49.9 cm³/mol. The molecular weight excluding hydrogens is 152 g/mol. The minimum Gasteiger partial charge on any atom is -0.386 e. The van der Waals surface area contributed by atoms with Crippen LogP contribution in [0.25, 0.3) is 0 Å². The lowest BCUT2D eigenvalue weighted by atomic mass is 10.00. The van der Waals surface area contributed by atoms with Gasteiger partial charge in [-0.05, 0) is 32.3 Å². The molecule has 0 aliphatic carbocycles. The molecule has 0 aliphatic rings. The van der Waals surface area contributed by atoms with Crippen molar-refractivity contribution in [3.8, 4) is 0 Å². The molecule has 12 heavy (non-hydrogen) atoms. The largest absolute Gasteiger partial charge is 0.386 e. The Hall–Kier alpha value is -0.890. The molecule has 0 fully saturated rings. The van der Waals surface area contributed by atoms with Gasteiger partial charge in [0.05, 0.1) is 5.60 Å². The molecule has 0 saturated carbocycles. The van der Waals surface area contributed by atoms with Gasteiger partial charge in [-0.25, -0.2) is 0 Å². The smallest absolute Gasteiger partial charge is 0.145 e. The Morgan fingerprint density at radius 3 is 2.67 bits per heavy atom. The van der Waals surface area contributed by atoms with Crippen LogP contribution in [0.2, 0.25) is 0 Å². The molecule has 2 nitrogen and oxygen atoms in total. The highest BCUT2D eigenvalue weighted by Gasteiger charge is 2.12. The Morgan fingerprint density at radius 2 is 2.25 bits per heavy atom. The normalized spacial score (nSPS) is 16.8. The van der Waals surface area contributed by atoms with Crippen LogP contribution in [0.1, 0.15) is 26.7 Å². The van der Waals surface area contributed by atoms with Gasteiger partial charge in [0.15, 0.2) is 0 Å². The first-order valence-corrected chi connectivity index (χ1v) is 4.00. The molecule has 1 atom stereocenters. The van der Waals surface area contributed by atoms with Gasteiger partial charge in [-0.2, -0.15) is 0 Å². The summed E-state index contributed by atoms with van der Waals surface area (Å²) in [6, 6.07) is 0. The Bertz CT molecular complexity index is 190. The first kappa shape index (κ1) is 11.1. The second-order valence-corrected chi connectivity index (χ2v) is 3.17. The van der Waals surface area contributed by atoms with Crippen LogP contribution in [0.4, 0.5) is 0 Å². The van der Waals surface area contributed by atoms with E-state index < -0.39 is 5.60 Å². The molecule has 1 N–H and O–H groups in total. The van der Waals surface area contributed by atoms with Gasteiger partial charge >= 0.3 is 0 Å². The van der Waals surface area contributed by atoms with Crippen molar-refractivity contribution in [3.63, 3.8) is 0 Å². The Morgan fingerprint density at radius 1 is 1.67 bits per heavy atom. The van der Waals surface area contributed by atoms with Gasteiger partial charge < -0.3 is 5.11 Å². The quantitative estimate of drug-likeness (QED) is 0.386. The van der Waals surface area contributed by atoms with Crippen molar-refractivity contribution < 1.29 is 9.90 Å². The number of carbonyl (C=O) groups is 1. The fourth-order valence-corrected chi connectivity index (χ4v) is 0.742. The zero-order chi connectivity index (χ0) is 9.61. The van der Waals surface area contributed by atoms with Gasteiger partial charge in [0, 0.05) is 0 Å². The fourth-order valence-electron chi connectivity index (χ4n) is 0.742. The van der Waals surface area contributed by atoms with Crippen LogP contribution in [0, 0.1) is 0 Å². The van der Waals surface area contributed by atoms with Crippen LogP contribution in [-0.4, -0.2) is 17.0 Å². The third-order valence-corrected chi connectivity index (χ3v) is 1.74. The zero-order valence-corrected chi connectivity index (χ0v) is 7.71. The molecule has 68 valence electrons. The summed E-state index contributed by atoms with van der Waals surface area (Å²) in [4.78, 5) is 10.2. The average Bonchev–Trinajstić information content (AvgIpc) is 2.04. The predicted octanol–water partition coefficient (Wildman–Crippen LogP) is 1.85. The molecule has 0 rings (SSSR count). The molecule has 0 amide bonds. The van der Waals surface area contributed by atoms with Gasteiger partial charge in [0.1, 0.15) is 6.29 Å². The van der Waals surface area contributed by atoms with E-state index in [4.69, 9.17) is 0 Å². The highest BCUT2D eigenvalue weighted by Crippen LogP contribution is 2.13. The first-order chi connectivity index (χ1) is 5.52. The lowest BCUT2D eigenvalue weighted by Crippen LogP contribution is -2.19. The highest BCUT2D eigenvalue weighted by atomic mass is 16.3. The van der Waals surface area contributed by atoms with Gasteiger partial charge in [0.25, 0.3) is 0 Å². The average molecular weight is 168 g/mol. The second-order valence-electron chi connectivity index (χ2n) is 3.17. The van der Waals surface area contributed by atoms with Crippen LogP contribution in [0.15, 0.2) is 24.3 Å². The maximum atomic E-state index is 10.2. The summed E-state index contributed by atoms with van der Waals surface area (Å²) in [5.41, 5.74) is -0.116. The fraction of sp³-hybridized carbons (Fsp3) is 0.500. The lowest BCUT2D eigenvalue weighted by molar-refractivity contribution is -0.104. The van der Waals surface area contributed by atoms with E-state index in [0.717, 1.165) is 6.29 Å². The van der Waals surface area contributed by atoms with E-state index in [9.17, 15) is 9.90 Å². The second kappa shape index (κ2) is 4.88. The third kappa shape index (κ3) is 4.85. The zero-order valence-electron chi connectivity index (χ0n) is 7.71. The van der Waals surface area contributed by atoms with Crippen molar-refractivity contribution in [1.29, 1.82) is 0 Å². The van der Waals surface area contributed by atoms with Crippen molar-refractivity contribution in [2.45, 2.75) is 32.3 Å². The summed E-state index contributed by atoms with van der Waals surface area (Å²) in [6.45, 7) is 6.95.